The second-order valence-corrected chi connectivity index (χ2v) is 5.50. The van der Waals surface area contributed by atoms with Crippen LogP contribution in [0.15, 0.2) is 18.2 Å². The summed E-state index contributed by atoms with van der Waals surface area (Å²) in [5, 5.41) is 6.42. The molecule has 2 unspecified atom stereocenters. The molecule has 1 aromatic rings. The topological polar surface area (TPSA) is 59.6 Å². The number of nitrogens with one attached hydrogen (secondary N) is 2. The molecule has 0 radical (unpaired) electrons. The molecule has 2 atom stereocenters. The van der Waals surface area contributed by atoms with Crippen LogP contribution < -0.4 is 20.1 Å². The van der Waals surface area contributed by atoms with Crippen LogP contribution in [-0.4, -0.2) is 39.3 Å². The van der Waals surface area contributed by atoms with Crippen molar-refractivity contribution in [1.29, 1.82) is 0 Å². The number of methoxy groups -OCH3 is 2. The van der Waals surface area contributed by atoms with Crippen LogP contribution in [0.25, 0.3) is 0 Å². The Hall–Kier alpha value is -1.75. The Morgan fingerprint density at radius 3 is 2.86 bits per heavy atom. The van der Waals surface area contributed by atoms with Crippen LogP contribution in [0, 0.1) is 5.92 Å². The molecule has 0 aromatic heterocycles. The Morgan fingerprint density at radius 2 is 2.19 bits per heavy atom. The summed E-state index contributed by atoms with van der Waals surface area (Å²) in [7, 11) is 3.22. The minimum Gasteiger partial charge on any atom is -0.497 e. The van der Waals surface area contributed by atoms with E-state index in [0.717, 1.165) is 30.8 Å². The number of ether oxygens (including phenoxy) is 2. The predicted octanol–water partition coefficient (Wildman–Crippen LogP) is 1.36. The SMILES string of the molecule is COc1ccc(OC)c(CC(=O)NC2CNCCC2C)c1. The minimum atomic E-state index is 0.0158. The maximum atomic E-state index is 12.3. The Morgan fingerprint density at radius 1 is 1.38 bits per heavy atom. The summed E-state index contributed by atoms with van der Waals surface area (Å²) in [5.41, 5.74) is 0.839. The molecule has 1 amide bonds. The van der Waals surface area contributed by atoms with Gasteiger partial charge in [-0.15, -0.1) is 0 Å². The third kappa shape index (κ3) is 4.11. The molecule has 5 heteroatoms. The normalized spacial score (nSPS) is 21.7. The first-order valence-electron chi connectivity index (χ1n) is 7.35. The highest BCUT2D eigenvalue weighted by Crippen LogP contribution is 2.24. The molecule has 1 fully saturated rings. The van der Waals surface area contributed by atoms with Crippen molar-refractivity contribution in [3.05, 3.63) is 23.8 Å². The molecule has 1 saturated heterocycles. The number of amides is 1. The second-order valence-electron chi connectivity index (χ2n) is 5.50. The van der Waals surface area contributed by atoms with Crippen LogP contribution in [-0.2, 0) is 11.2 Å². The molecular weight excluding hydrogens is 268 g/mol. The summed E-state index contributed by atoms with van der Waals surface area (Å²) >= 11 is 0. The Kier molecular flexibility index (Phi) is 5.44. The quantitative estimate of drug-likeness (QED) is 0.860. The van der Waals surface area contributed by atoms with Crippen molar-refractivity contribution in [2.75, 3.05) is 27.3 Å². The van der Waals surface area contributed by atoms with E-state index in [2.05, 4.69) is 17.6 Å². The number of carbonyl (C=O) groups is 1. The van der Waals surface area contributed by atoms with Gasteiger partial charge in [-0.25, -0.2) is 0 Å². The molecule has 1 aromatic carbocycles. The highest BCUT2D eigenvalue weighted by molar-refractivity contribution is 5.79. The first kappa shape index (κ1) is 15.6. The van der Waals surface area contributed by atoms with Gasteiger partial charge in [0.25, 0.3) is 0 Å². The molecule has 1 aliphatic rings. The first-order chi connectivity index (χ1) is 10.1. The first-order valence-corrected chi connectivity index (χ1v) is 7.35. The number of hydrogen-bond donors (Lipinski definition) is 2. The van der Waals surface area contributed by atoms with E-state index in [-0.39, 0.29) is 11.9 Å². The monoisotopic (exact) mass is 292 g/mol. The summed E-state index contributed by atoms with van der Waals surface area (Å²) in [5.74, 6) is 1.96. The molecule has 0 bridgehead atoms. The smallest absolute Gasteiger partial charge is 0.224 e. The fourth-order valence-electron chi connectivity index (χ4n) is 2.63. The van der Waals surface area contributed by atoms with E-state index in [4.69, 9.17) is 9.47 Å². The highest BCUT2D eigenvalue weighted by Gasteiger charge is 2.23. The zero-order chi connectivity index (χ0) is 15.2. The van der Waals surface area contributed by atoms with Crippen LogP contribution in [0.5, 0.6) is 11.5 Å². The van der Waals surface area contributed by atoms with Crippen molar-refractivity contribution in [2.45, 2.75) is 25.8 Å². The molecule has 1 aliphatic heterocycles. The van der Waals surface area contributed by atoms with Crippen molar-refractivity contribution in [2.24, 2.45) is 5.92 Å². The summed E-state index contributed by atoms with van der Waals surface area (Å²) < 4.78 is 10.5. The zero-order valence-electron chi connectivity index (χ0n) is 12.9. The third-order valence-corrected chi connectivity index (χ3v) is 4.01. The molecule has 2 rings (SSSR count). The number of rotatable bonds is 5. The standard InChI is InChI=1S/C16H24N2O3/c1-11-6-7-17-10-14(11)18-16(19)9-12-8-13(20-2)4-5-15(12)21-3/h4-5,8,11,14,17H,6-7,9-10H2,1-3H3,(H,18,19). The molecule has 2 N–H and O–H groups in total. The van der Waals surface area contributed by atoms with Crippen molar-refractivity contribution in [1.82, 2.24) is 10.6 Å². The van der Waals surface area contributed by atoms with E-state index in [1.54, 1.807) is 14.2 Å². The van der Waals surface area contributed by atoms with Gasteiger partial charge in [-0.2, -0.15) is 0 Å². The Balaban J connectivity index is 2.01. The van der Waals surface area contributed by atoms with Gasteiger partial charge >= 0.3 is 0 Å². The maximum absolute atomic E-state index is 12.3. The van der Waals surface area contributed by atoms with E-state index in [0.29, 0.717) is 18.1 Å². The molecule has 21 heavy (non-hydrogen) atoms. The number of hydrogen-bond acceptors (Lipinski definition) is 4. The highest BCUT2D eigenvalue weighted by atomic mass is 16.5. The Bertz CT molecular complexity index is 490. The van der Waals surface area contributed by atoms with Gasteiger partial charge in [0.05, 0.1) is 20.6 Å². The van der Waals surface area contributed by atoms with Gasteiger partial charge in [0.15, 0.2) is 0 Å². The van der Waals surface area contributed by atoms with Gasteiger partial charge in [0.1, 0.15) is 11.5 Å². The van der Waals surface area contributed by atoms with Crippen LogP contribution >= 0.6 is 0 Å². The lowest BCUT2D eigenvalue weighted by atomic mass is 9.94. The fraction of sp³-hybridized carbons (Fsp3) is 0.562. The van der Waals surface area contributed by atoms with Gasteiger partial charge in [0.2, 0.25) is 5.91 Å². The van der Waals surface area contributed by atoms with Gasteiger partial charge in [-0.1, -0.05) is 6.92 Å². The average Bonchev–Trinajstić information content (AvgIpc) is 2.49. The summed E-state index contributed by atoms with van der Waals surface area (Å²) in [6.07, 6.45) is 1.39. The number of carbonyl (C=O) groups excluding carboxylic acids is 1. The van der Waals surface area contributed by atoms with Crippen LogP contribution in [0.2, 0.25) is 0 Å². The molecular formula is C16H24N2O3. The van der Waals surface area contributed by atoms with Gasteiger partial charge in [-0.05, 0) is 37.1 Å². The zero-order valence-corrected chi connectivity index (χ0v) is 12.9. The number of piperidine rings is 1. The number of benzene rings is 1. The molecule has 1 heterocycles. The molecule has 5 nitrogen and oxygen atoms in total. The van der Waals surface area contributed by atoms with Crippen LogP contribution in [0.3, 0.4) is 0 Å². The largest absolute Gasteiger partial charge is 0.497 e. The second kappa shape index (κ2) is 7.31. The lowest BCUT2D eigenvalue weighted by Gasteiger charge is -2.30. The van der Waals surface area contributed by atoms with Gasteiger partial charge < -0.3 is 20.1 Å². The van der Waals surface area contributed by atoms with E-state index < -0.39 is 0 Å². The van der Waals surface area contributed by atoms with E-state index in [1.807, 2.05) is 18.2 Å². The molecule has 0 spiro atoms. The summed E-state index contributed by atoms with van der Waals surface area (Å²) in [6.45, 7) is 4.04. The molecule has 0 aliphatic carbocycles. The average molecular weight is 292 g/mol. The minimum absolute atomic E-state index is 0.0158. The summed E-state index contributed by atoms with van der Waals surface area (Å²) in [4.78, 5) is 12.3. The fourth-order valence-corrected chi connectivity index (χ4v) is 2.63. The van der Waals surface area contributed by atoms with Crippen LogP contribution in [0.4, 0.5) is 0 Å². The van der Waals surface area contributed by atoms with E-state index in [9.17, 15) is 4.79 Å². The Labute approximate surface area is 126 Å². The molecule has 0 saturated carbocycles. The van der Waals surface area contributed by atoms with Gasteiger partial charge in [0, 0.05) is 18.2 Å². The third-order valence-electron chi connectivity index (χ3n) is 4.01. The molecule has 116 valence electrons. The maximum Gasteiger partial charge on any atom is 0.224 e. The van der Waals surface area contributed by atoms with Crippen LogP contribution in [0.1, 0.15) is 18.9 Å². The van der Waals surface area contributed by atoms with Crippen molar-refractivity contribution >= 4 is 5.91 Å². The van der Waals surface area contributed by atoms with Gasteiger partial charge in [-0.3, -0.25) is 4.79 Å². The van der Waals surface area contributed by atoms with E-state index >= 15 is 0 Å². The predicted molar refractivity (Wildman–Crippen MR) is 81.8 cm³/mol. The summed E-state index contributed by atoms with van der Waals surface area (Å²) in [6, 6.07) is 5.70. The lowest BCUT2D eigenvalue weighted by Crippen LogP contribution is -2.50. The van der Waals surface area contributed by atoms with Crippen molar-refractivity contribution in [3.8, 4) is 11.5 Å². The van der Waals surface area contributed by atoms with E-state index in [1.165, 1.54) is 0 Å². The lowest BCUT2D eigenvalue weighted by molar-refractivity contribution is -0.121. The van der Waals surface area contributed by atoms with Crippen molar-refractivity contribution in [3.63, 3.8) is 0 Å². The van der Waals surface area contributed by atoms with Crippen molar-refractivity contribution < 1.29 is 14.3 Å².